The number of ether oxygens (including phenoxy) is 1. The lowest BCUT2D eigenvalue weighted by Gasteiger charge is -2.12. The Morgan fingerprint density at radius 2 is 2.00 bits per heavy atom. The molecule has 1 unspecified atom stereocenters. The van der Waals surface area contributed by atoms with Crippen LogP contribution >= 0.6 is 0 Å². The Hall–Kier alpha value is -2.36. The number of rotatable bonds is 6. The summed E-state index contributed by atoms with van der Waals surface area (Å²) in [7, 11) is -3.82. The van der Waals surface area contributed by atoms with Crippen LogP contribution in [0.5, 0.6) is 0 Å². The molecule has 2 aromatic carbocycles. The Morgan fingerprint density at radius 1 is 1.19 bits per heavy atom. The SMILES string of the molecule is O=C(Nc1ccc(F)cc1F)c1cccc(S(=O)(=O)NCC2CCCO2)c1. The Labute approximate surface area is 155 Å². The van der Waals surface area contributed by atoms with Crippen molar-refractivity contribution in [2.24, 2.45) is 0 Å². The summed E-state index contributed by atoms with van der Waals surface area (Å²) in [4.78, 5) is 12.2. The van der Waals surface area contributed by atoms with E-state index in [1.165, 1.54) is 24.3 Å². The first-order chi connectivity index (χ1) is 12.8. The monoisotopic (exact) mass is 396 g/mol. The molecule has 6 nitrogen and oxygen atoms in total. The number of hydrogen-bond donors (Lipinski definition) is 2. The van der Waals surface area contributed by atoms with E-state index in [-0.39, 0.29) is 28.8 Å². The third-order valence-electron chi connectivity index (χ3n) is 4.11. The molecule has 1 amide bonds. The molecule has 9 heteroatoms. The highest BCUT2D eigenvalue weighted by Crippen LogP contribution is 2.18. The molecule has 0 aliphatic carbocycles. The average Bonchev–Trinajstić information content (AvgIpc) is 3.16. The van der Waals surface area contributed by atoms with Crippen molar-refractivity contribution >= 4 is 21.6 Å². The van der Waals surface area contributed by atoms with Crippen LogP contribution in [0.1, 0.15) is 23.2 Å². The fourth-order valence-corrected chi connectivity index (χ4v) is 3.79. The summed E-state index contributed by atoms with van der Waals surface area (Å²) >= 11 is 0. The molecule has 0 aromatic heterocycles. The number of benzene rings is 2. The van der Waals surface area contributed by atoms with Crippen LogP contribution in [0.3, 0.4) is 0 Å². The van der Waals surface area contributed by atoms with Crippen LogP contribution in [0.4, 0.5) is 14.5 Å². The second-order valence-corrected chi connectivity index (χ2v) is 7.86. The minimum atomic E-state index is -3.82. The summed E-state index contributed by atoms with van der Waals surface area (Å²) in [6.45, 7) is 0.765. The first-order valence-corrected chi connectivity index (χ1v) is 9.81. The van der Waals surface area contributed by atoms with E-state index >= 15 is 0 Å². The molecule has 2 aromatic rings. The van der Waals surface area contributed by atoms with Crippen molar-refractivity contribution in [2.45, 2.75) is 23.8 Å². The second kappa shape index (κ2) is 8.12. The van der Waals surface area contributed by atoms with E-state index in [1.54, 1.807) is 0 Å². The van der Waals surface area contributed by atoms with Gasteiger partial charge in [0.15, 0.2) is 0 Å². The van der Waals surface area contributed by atoms with Gasteiger partial charge in [0, 0.05) is 24.8 Å². The van der Waals surface area contributed by atoms with Gasteiger partial charge in [-0.3, -0.25) is 4.79 Å². The van der Waals surface area contributed by atoms with Gasteiger partial charge in [0.1, 0.15) is 11.6 Å². The minimum Gasteiger partial charge on any atom is -0.377 e. The lowest BCUT2D eigenvalue weighted by atomic mass is 10.2. The van der Waals surface area contributed by atoms with Crippen LogP contribution < -0.4 is 10.0 Å². The molecule has 1 saturated heterocycles. The number of nitrogens with one attached hydrogen (secondary N) is 2. The van der Waals surface area contributed by atoms with E-state index in [0.29, 0.717) is 12.7 Å². The Morgan fingerprint density at radius 3 is 2.70 bits per heavy atom. The molecule has 0 spiro atoms. The molecule has 0 radical (unpaired) electrons. The maximum Gasteiger partial charge on any atom is 0.255 e. The van der Waals surface area contributed by atoms with Crippen molar-refractivity contribution < 1.29 is 26.7 Å². The third kappa shape index (κ3) is 4.88. The fraction of sp³-hybridized carbons (Fsp3) is 0.278. The van der Waals surface area contributed by atoms with Gasteiger partial charge in [0.25, 0.3) is 5.91 Å². The smallest absolute Gasteiger partial charge is 0.255 e. The summed E-state index contributed by atoms with van der Waals surface area (Å²) in [5.41, 5.74) is -0.176. The van der Waals surface area contributed by atoms with Crippen molar-refractivity contribution in [3.63, 3.8) is 0 Å². The van der Waals surface area contributed by atoms with Gasteiger partial charge in [-0.2, -0.15) is 0 Å². The summed E-state index contributed by atoms with van der Waals surface area (Å²) in [6.07, 6.45) is 1.52. The molecular formula is C18H18F2N2O4S. The van der Waals surface area contributed by atoms with E-state index < -0.39 is 27.6 Å². The number of amides is 1. The predicted octanol–water partition coefficient (Wildman–Crippen LogP) is 2.67. The van der Waals surface area contributed by atoms with Gasteiger partial charge in [-0.15, -0.1) is 0 Å². The summed E-state index contributed by atoms with van der Waals surface area (Å²) < 4.78 is 59.3. The van der Waals surface area contributed by atoms with E-state index in [0.717, 1.165) is 25.0 Å². The number of halogens is 2. The van der Waals surface area contributed by atoms with Crippen molar-refractivity contribution in [1.82, 2.24) is 4.72 Å². The molecule has 0 saturated carbocycles. The van der Waals surface area contributed by atoms with Gasteiger partial charge in [-0.05, 0) is 43.2 Å². The largest absolute Gasteiger partial charge is 0.377 e. The number of anilines is 1. The zero-order valence-electron chi connectivity index (χ0n) is 14.2. The fourth-order valence-electron chi connectivity index (χ4n) is 2.68. The predicted molar refractivity (Wildman–Crippen MR) is 94.9 cm³/mol. The molecule has 144 valence electrons. The van der Waals surface area contributed by atoms with Gasteiger partial charge < -0.3 is 10.1 Å². The molecule has 1 atom stereocenters. The molecule has 2 N–H and O–H groups in total. The van der Waals surface area contributed by atoms with Crippen molar-refractivity contribution in [1.29, 1.82) is 0 Å². The molecule has 1 aliphatic rings. The van der Waals surface area contributed by atoms with E-state index in [9.17, 15) is 22.0 Å². The Kier molecular flexibility index (Phi) is 5.83. The van der Waals surface area contributed by atoms with Crippen molar-refractivity contribution in [3.8, 4) is 0 Å². The third-order valence-corrected chi connectivity index (χ3v) is 5.53. The maximum absolute atomic E-state index is 13.7. The zero-order chi connectivity index (χ0) is 19.4. The highest BCUT2D eigenvalue weighted by molar-refractivity contribution is 7.89. The van der Waals surface area contributed by atoms with Crippen LogP contribution in [-0.4, -0.2) is 33.6 Å². The van der Waals surface area contributed by atoms with Gasteiger partial charge in [-0.25, -0.2) is 21.9 Å². The van der Waals surface area contributed by atoms with Crippen LogP contribution in [0, 0.1) is 11.6 Å². The van der Waals surface area contributed by atoms with Gasteiger partial charge >= 0.3 is 0 Å². The standard InChI is InChI=1S/C18H18F2N2O4S/c19-13-6-7-17(16(20)10-13)22-18(23)12-3-1-5-15(9-12)27(24,25)21-11-14-4-2-8-26-14/h1,3,5-7,9-10,14,21H,2,4,8,11H2,(H,22,23). The van der Waals surface area contributed by atoms with Gasteiger partial charge in [-0.1, -0.05) is 6.07 Å². The number of carbonyl (C=O) groups excluding carboxylic acids is 1. The van der Waals surface area contributed by atoms with E-state index in [2.05, 4.69) is 10.0 Å². The number of sulfonamides is 1. The summed E-state index contributed by atoms with van der Waals surface area (Å²) in [6, 6.07) is 8.10. The summed E-state index contributed by atoms with van der Waals surface area (Å²) in [5, 5.41) is 2.29. The first-order valence-electron chi connectivity index (χ1n) is 8.33. The van der Waals surface area contributed by atoms with Crippen molar-refractivity contribution in [2.75, 3.05) is 18.5 Å². The van der Waals surface area contributed by atoms with Crippen molar-refractivity contribution in [3.05, 3.63) is 59.7 Å². The molecule has 1 aliphatic heterocycles. The molecule has 1 fully saturated rings. The topological polar surface area (TPSA) is 84.5 Å². The van der Waals surface area contributed by atoms with Crippen LogP contribution in [0.2, 0.25) is 0 Å². The highest BCUT2D eigenvalue weighted by atomic mass is 32.2. The lowest BCUT2D eigenvalue weighted by molar-refractivity contribution is 0.102. The van der Waals surface area contributed by atoms with Crippen LogP contribution in [0.15, 0.2) is 47.4 Å². The summed E-state index contributed by atoms with van der Waals surface area (Å²) in [5.74, 6) is -2.40. The highest BCUT2D eigenvalue weighted by Gasteiger charge is 2.21. The van der Waals surface area contributed by atoms with Gasteiger partial charge in [0.2, 0.25) is 10.0 Å². The first kappa shape index (κ1) is 19.4. The van der Waals surface area contributed by atoms with Crippen LogP contribution in [0.25, 0.3) is 0 Å². The lowest BCUT2D eigenvalue weighted by Crippen LogP contribution is -2.32. The second-order valence-electron chi connectivity index (χ2n) is 6.09. The maximum atomic E-state index is 13.7. The minimum absolute atomic E-state index is 0.0266. The van der Waals surface area contributed by atoms with Gasteiger partial charge in [0.05, 0.1) is 16.7 Å². The average molecular weight is 396 g/mol. The normalized spacial score (nSPS) is 17.0. The van der Waals surface area contributed by atoms with Crippen LogP contribution in [-0.2, 0) is 14.8 Å². The molecule has 1 heterocycles. The number of carbonyl (C=O) groups is 1. The van der Waals surface area contributed by atoms with E-state index in [1.807, 2.05) is 0 Å². The molecule has 3 rings (SSSR count). The number of hydrogen-bond acceptors (Lipinski definition) is 4. The molecule has 27 heavy (non-hydrogen) atoms. The Bertz CT molecular complexity index is 944. The Balaban J connectivity index is 1.72. The quantitative estimate of drug-likeness (QED) is 0.786. The molecular weight excluding hydrogens is 378 g/mol. The zero-order valence-corrected chi connectivity index (χ0v) is 15.1. The van der Waals surface area contributed by atoms with E-state index in [4.69, 9.17) is 4.74 Å². The molecule has 0 bridgehead atoms.